The highest BCUT2D eigenvalue weighted by Gasteiger charge is 2.43. The van der Waals surface area contributed by atoms with Crippen molar-refractivity contribution >= 4 is 0 Å². The first-order chi connectivity index (χ1) is 9.20. The highest BCUT2D eigenvalue weighted by Crippen LogP contribution is 2.42. The van der Waals surface area contributed by atoms with E-state index in [1.54, 1.807) is 12.1 Å². The fourth-order valence-electron chi connectivity index (χ4n) is 4.10. The lowest BCUT2D eigenvalue weighted by Gasteiger charge is -2.43. The van der Waals surface area contributed by atoms with E-state index in [1.807, 2.05) is 12.1 Å². The zero-order valence-corrected chi connectivity index (χ0v) is 11.6. The minimum absolute atomic E-state index is 0.0661. The van der Waals surface area contributed by atoms with Crippen molar-refractivity contribution in [3.63, 3.8) is 0 Å². The summed E-state index contributed by atoms with van der Waals surface area (Å²) in [7, 11) is 0. The van der Waals surface area contributed by atoms with Crippen molar-refractivity contribution in [2.45, 2.75) is 63.2 Å². The molecule has 0 radical (unpaired) electrons. The number of hydrogen-bond donors (Lipinski definition) is 1. The second-order valence-electron chi connectivity index (χ2n) is 6.01. The molecule has 3 atom stereocenters. The Labute approximate surface area is 114 Å². The van der Waals surface area contributed by atoms with Gasteiger partial charge in [-0.15, -0.1) is 0 Å². The molecule has 3 heteroatoms. The molecule has 2 fully saturated rings. The first-order valence-electron chi connectivity index (χ1n) is 7.48. The van der Waals surface area contributed by atoms with Crippen molar-refractivity contribution in [1.29, 1.82) is 0 Å². The van der Waals surface area contributed by atoms with Crippen LogP contribution in [-0.2, 0) is 0 Å². The molecule has 3 rings (SSSR count). The maximum Gasteiger partial charge on any atom is 0.127 e. The van der Waals surface area contributed by atoms with Gasteiger partial charge in [-0.05, 0) is 38.2 Å². The second-order valence-corrected chi connectivity index (χ2v) is 6.01. The molecule has 2 N–H and O–H groups in total. The van der Waals surface area contributed by atoms with Gasteiger partial charge in [-0.1, -0.05) is 25.1 Å². The SMILES string of the molecule is CCC(c1ccccc1F)N1C2CCC1CC(N)C2. The minimum Gasteiger partial charge on any atom is -0.328 e. The van der Waals surface area contributed by atoms with Crippen molar-refractivity contribution in [1.82, 2.24) is 4.90 Å². The maximum atomic E-state index is 14.1. The first kappa shape index (κ1) is 13.1. The molecule has 2 bridgehead atoms. The van der Waals surface area contributed by atoms with Crippen LogP contribution < -0.4 is 5.73 Å². The molecule has 2 aliphatic rings. The molecule has 2 aliphatic heterocycles. The highest BCUT2D eigenvalue weighted by atomic mass is 19.1. The summed E-state index contributed by atoms with van der Waals surface area (Å²) in [5, 5.41) is 0. The van der Waals surface area contributed by atoms with Gasteiger partial charge in [0.15, 0.2) is 0 Å². The monoisotopic (exact) mass is 262 g/mol. The summed E-state index contributed by atoms with van der Waals surface area (Å²) in [6.07, 6.45) is 5.55. The Bertz CT molecular complexity index is 434. The van der Waals surface area contributed by atoms with Crippen molar-refractivity contribution in [2.75, 3.05) is 0 Å². The van der Waals surface area contributed by atoms with Gasteiger partial charge in [0.05, 0.1) is 0 Å². The van der Waals surface area contributed by atoms with Crippen LogP contribution in [0.5, 0.6) is 0 Å². The quantitative estimate of drug-likeness (QED) is 0.906. The van der Waals surface area contributed by atoms with Crippen LogP contribution >= 0.6 is 0 Å². The predicted octanol–water partition coefficient (Wildman–Crippen LogP) is 3.23. The second kappa shape index (κ2) is 5.22. The van der Waals surface area contributed by atoms with E-state index in [9.17, 15) is 4.39 Å². The topological polar surface area (TPSA) is 29.3 Å². The molecular weight excluding hydrogens is 239 g/mol. The fourth-order valence-corrected chi connectivity index (χ4v) is 4.10. The van der Waals surface area contributed by atoms with Gasteiger partial charge in [-0.3, -0.25) is 4.90 Å². The van der Waals surface area contributed by atoms with E-state index >= 15 is 0 Å². The smallest absolute Gasteiger partial charge is 0.127 e. The van der Waals surface area contributed by atoms with Crippen LogP contribution in [0.1, 0.15) is 50.6 Å². The molecule has 1 aromatic carbocycles. The molecule has 104 valence electrons. The Hall–Kier alpha value is -0.930. The minimum atomic E-state index is -0.0661. The third-order valence-corrected chi connectivity index (χ3v) is 4.84. The molecule has 0 amide bonds. The number of hydrogen-bond acceptors (Lipinski definition) is 2. The third-order valence-electron chi connectivity index (χ3n) is 4.84. The molecule has 0 spiro atoms. The summed E-state index contributed by atoms with van der Waals surface area (Å²) < 4.78 is 14.1. The number of rotatable bonds is 3. The van der Waals surface area contributed by atoms with Gasteiger partial charge >= 0.3 is 0 Å². The highest BCUT2D eigenvalue weighted by molar-refractivity contribution is 5.22. The average molecular weight is 262 g/mol. The Morgan fingerprint density at radius 1 is 1.26 bits per heavy atom. The molecule has 0 aromatic heterocycles. The zero-order chi connectivity index (χ0) is 13.4. The van der Waals surface area contributed by atoms with Crippen LogP contribution in [0, 0.1) is 5.82 Å². The van der Waals surface area contributed by atoms with E-state index in [4.69, 9.17) is 5.73 Å². The van der Waals surface area contributed by atoms with Gasteiger partial charge in [-0.2, -0.15) is 0 Å². The lowest BCUT2D eigenvalue weighted by atomic mass is 9.92. The summed E-state index contributed by atoms with van der Waals surface area (Å²) in [6, 6.07) is 8.90. The maximum absolute atomic E-state index is 14.1. The van der Waals surface area contributed by atoms with Crippen LogP contribution in [0.3, 0.4) is 0 Å². The fraction of sp³-hybridized carbons (Fsp3) is 0.625. The lowest BCUT2D eigenvalue weighted by Crippen LogP contribution is -2.48. The van der Waals surface area contributed by atoms with E-state index in [0.717, 1.165) is 24.8 Å². The molecule has 0 aliphatic carbocycles. The van der Waals surface area contributed by atoms with Gasteiger partial charge < -0.3 is 5.73 Å². The van der Waals surface area contributed by atoms with Gasteiger partial charge in [0.1, 0.15) is 5.82 Å². The van der Waals surface area contributed by atoms with E-state index in [2.05, 4.69) is 11.8 Å². The van der Waals surface area contributed by atoms with Crippen molar-refractivity contribution < 1.29 is 4.39 Å². The van der Waals surface area contributed by atoms with Crippen molar-refractivity contribution in [2.24, 2.45) is 5.73 Å². The average Bonchev–Trinajstić information content (AvgIpc) is 2.66. The van der Waals surface area contributed by atoms with Crippen LogP contribution in [0.25, 0.3) is 0 Å². The summed E-state index contributed by atoms with van der Waals surface area (Å²) >= 11 is 0. The number of halogens is 1. The number of nitrogens with two attached hydrogens (primary N) is 1. The molecule has 19 heavy (non-hydrogen) atoms. The standard InChI is InChI=1S/C16H23FN2/c1-2-16(14-5-3-4-6-15(14)17)19-12-7-8-13(19)10-11(18)9-12/h3-6,11-13,16H,2,7-10,18H2,1H3. The van der Waals surface area contributed by atoms with Gasteiger partial charge in [0.2, 0.25) is 0 Å². The van der Waals surface area contributed by atoms with E-state index in [1.165, 1.54) is 12.8 Å². The number of benzene rings is 1. The van der Waals surface area contributed by atoms with Crippen molar-refractivity contribution in [3.8, 4) is 0 Å². The van der Waals surface area contributed by atoms with Crippen LogP contribution in [0.4, 0.5) is 4.39 Å². The van der Waals surface area contributed by atoms with Crippen LogP contribution in [0.2, 0.25) is 0 Å². The largest absolute Gasteiger partial charge is 0.328 e. The van der Waals surface area contributed by atoms with E-state index < -0.39 is 0 Å². The molecule has 2 nitrogen and oxygen atoms in total. The Morgan fingerprint density at radius 3 is 2.47 bits per heavy atom. The Morgan fingerprint density at radius 2 is 1.89 bits per heavy atom. The Balaban J connectivity index is 1.90. The summed E-state index contributed by atoms with van der Waals surface area (Å²) in [4.78, 5) is 2.56. The number of fused-ring (bicyclic) bond motifs is 2. The van der Waals surface area contributed by atoms with Gasteiger partial charge in [0.25, 0.3) is 0 Å². The van der Waals surface area contributed by atoms with Gasteiger partial charge in [-0.25, -0.2) is 4.39 Å². The summed E-state index contributed by atoms with van der Waals surface area (Å²) in [5.41, 5.74) is 6.99. The number of nitrogens with zero attached hydrogens (tertiary/aromatic N) is 1. The third kappa shape index (κ3) is 2.30. The lowest BCUT2D eigenvalue weighted by molar-refractivity contribution is 0.0728. The molecule has 2 saturated heterocycles. The summed E-state index contributed by atoms with van der Waals surface area (Å²) in [6.45, 7) is 2.16. The zero-order valence-electron chi connectivity index (χ0n) is 11.6. The van der Waals surface area contributed by atoms with Crippen LogP contribution in [-0.4, -0.2) is 23.0 Å². The Kier molecular flexibility index (Phi) is 3.59. The van der Waals surface area contributed by atoms with E-state index in [0.29, 0.717) is 18.1 Å². The van der Waals surface area contributed by atoms with E-state index in [-0.39, 0.29) is 11.9 Å². The van der Waals surface area contributed by atoms with Gasteiger partial charge in [0, 0.05) is 29.7 Å². The van der Waals surface area contributed by atoms with Crippen LogP contribution in [0.15, 0.2) is 24.3 Å². The molecule has 3 unspecified atom stereocenters. The summed E-state index contributed by atoms with van der Waals surface area (Å²) in [5.74, 6) is -0.0661. The number of piperidine rings is 1. The molecule has 1 aromatic rings. The first-order valence-corrected chi connectivity index (χ1v) is 7.48. The van der Waals surface area contributed by atoms with Crippen molar-refractivity contribution in [3.05, 3.63) is 35.6 Å². The molecule has 0 saturated carbocycles. The predicted molar refractivity (Wildman–Crippen MR) is 75.3 cm³/mol. The molecule has 2 heterocycles. The molecular formula is C16H23FN2. The normalized spacial score (nSPS) is 32.5.